The van der Waals surface area contributed by atoms with E-state index in [1.165, 1.54) is 49.7 Å². The molecule has 4 rings (SSSR count). The number of nitrogens with two attached hydrogens (primary N) is 4. The van der Waals surface area contributed by atoms with Crippen molar-refractivity contribution >= 4 is 22.7 Å². The van der Waals surface area contributed by atoms with Crippen molar-refractivity contribution in [1.82, 2.24) is 0 Å². The van der Waals surface area contributed by atoms with Gasteiger partial charge in [-0.05, 0) is 98.1 Å². The van der Waals surface area contributed by atoms with E-state index in [1.54, 1.807) is 0 Å². The maximum Gasteiger partial charge on any atom is 0.0781 e. The third kappa shape index (κ3) is 3.32. The van der Waals surface area contributed by atoms with Crippen LogP contribution in [-0.2, 0) is 0 Å². The predicted molar refractivity (Wildman–Crippen MR) is 121 cm³/mol. The van der Waals surface area contributed by atoms with Gasteiger partial charge in [0.15, 0.2) is 0 Å². The van der Waals surface area contributed by atoms with E-state index in [2.05, 4.69) is 25.6 Å². The topological polar surface area (TPSA) is 104 Å². The Labute approximate surface area is 168 Å². The molecule has 2 fully saturated rings. The van der Waals surface area contributed by atoms with E-state index < -0.39 is 0 Å². The second-order valence-corrected chi connectivity index (χ2v) is 8.90. The van der Waals surface area contributed by atoms with Gasteiger partial charge in [0.25, 0.3) is 0 Å². The molecule has 8 N–H and O–H groups in total. The van der Waals surface area contributed by atoms with Crippen LogP contribution in [0, 0.1) is 18.8 Å². The summed E-state index contributed by atoms with van der Waals surface area (Å²) < 4.78 is 0. The third-order valence-electron chi connectivity index (χ3n) is 6.93. The molecular weight excluding hydrogens is 344 g/mol. The summed E-state index contributed by atoms with van der Waals surface area (Å²) in [6.07, 6.45) is 7.68. The van der Waals surface area contributed by atoms with Gasteiger partial charge in [-0.15, -0.1) is 0 Å². The van der Waals surface area contributed by atoms with E-state index >= 15 is 0 Å². The molecule has 2 aromatic carbocycles. The Kier molecular flexibility index (Phi) is 4.74. The predicted octanol–water partition coefficient (Wildman–Crippen LogP) is 5.23. The SMILES string of the molecule is C=C1CC(C2CCC(c3cc(C)c(-c4cc(N)c(N)c(N)c4)c(N)c3)CC2)C1. The zero-order valence-electron chi connectivity index (χ0n) is 16.8. The zero-order valence-corrected chi connectivity index (χ0v) is 16.8. The van der Waals surface area contributed by atoms with E-state index in [1.807, 2.05) is 12.1 Å². The van der Waals surface area contributed by atoms with Crippen molar-refractivity contribution in [1.29, 1.82) is 0 Å². The summed E-state index contributed by atoms with van der Waals surface area (Å²) in [5.41, 5.74) is 32.5. The van der Waals surface area contributed by atoms with Crippen LogP contribution >= 0.6 is 0 Å². The molecule has 0 atom stereocenters. The van der Waals surface area contributed by atoms with Crippen LogP contribution in [0.25, 0.3) is 11.1 Å². The highest BCUT2D eigenvalue weighted by Crippen LogP contribution is 2.47. The van der Waals surface area contributed by atoms with Gasteiger partial charge in [-0.3, -0.25) is 0 Å². The largest absolute Gasteiger partial charge is 0.398 e. The summed E-state index contributed by atoms with van der Waals surface area (Å²) in [6, 6.07) is 8.18. The van der Waals surface area contributed by atoms with Crippen LogP contribution in [0.15, 0.2) is 36.4 Å². The molecule has 0 heterocycles. The van der Waals surface area contributed by atoms with Crippen LogP contribution in [0.3, 0.4) is 0 Å². The first-order chi connectivity index (χ1) is 13.3. The summed E-state index contributed by atoms with van der Waals surface area (Å²) in [7, 11) is 0. The van der Waals surface area contributed by atoms with Crippen LogP contribution in [0.5, 0.6) is 0 Å². The normalized spacial score (nSPS) is 22.8. The molecule has 2 saturated carbocycles. The van der Waals surface area contributed by atoms with Crippen LogP contribution in [-0.4, -0.2) is 0 Å². The summed E-state index contributed by atoms with van der Waals surface area (Å²) in [5, 5.41) is 0. The van der Waals surface area contributed by atoms with Crippen molar-refractivity contribution in [3.8, 4) is 11.1 Å². The Morgan fingerprint density at radius 3 is 1.93 bits per heavy atom. The van der Waals surface area contributed by atoms with Gasteiger partial charge in [0, 0.05) is 11.3 Å². The molecule has 148 valence electrons. The van der Waals surface area contributed by atoms with Crippen molar-refractivity contribution in [3.63, 3.8) is 0 Å². The van der Waals surface area contributed by atoms with Crippen LogP contribution in [0.4, 0.5) is 22.7 Å². The summed E-state index contributed by atoms with van der Waals surface area (Å²) in [6.45, 7) is 6.21. The van der Waals surface area contributed by atoms with Crippen molar-refractivity contribution in [2.75, 3.05) is 22.9 Å². The highest BCUT2D eigenvalue weighted by molar-refractivity contribution is 5.89. The fraction of sp³-hybridized carbons (Fsp3) is 0.417. The lowest BCUT2D eigenvalue weighted by atomic mass is 9.66. The third-order valence-corrected chi connectivity index (χ3v) is 6.93. The van der Waals surface area contributed by atoms with Gasteiger partial charge in [0.05, 0.1) is 17.1 Å². The van der Waals surface area contributed by atoms with Crippen molar-refractivity contribution in [3.05, 3.63) is 47.5 Å². The van der Waals surface area contributed by atoms with Gasteiger partial charge in [-0.2, -0.15) is 0 Å². The molecule has 0 unspecified atom stereocenters. The average Bonchev–Trinajstić information content (AvgIpc) is 2.63. The quantitative estimate of drug-likeness (QED) is 0.435. The Bertz CT molecular complexity index is 868. The minimum Gasteiger partial charge on any atom is -0.398 e. The fourth-order valence-corrected chi connectivity index (χ4v) is 5.26. The van der Waals surface area contributed by atoms with Crippen LogP contribution < -0.4 is 22.9 Å². The Hall–Kier alpha value is -2.62. The van der Waals surface area contributed by atoms with Crippen molar-refractivity contribution in [2.24, 2.45) is 11.8 Å². The lowest BCUT2D eigenvalue weighted by Gasteiger charge is -2.40. The van der Waals surface area contributed by atoms with Crippen molar-refractivity contribution < 1.29 is 0 Å². The van der Waals surface area contributed by atoms with E-state index in [9.17, 15) is 0 Å². The molecule has 0 spiro atoms. The smallest absolute Gasteiger partial charge is 0.0781 e. The fourth-order valence-electron chi connectivity index (χ4n) is 5.26. The summed E-state index contributed by atoms with van der Waals surface area (Å²) in [4.78, 5) is 0. The molecule has 0 bridgehead atoms. The van der Waals surface area contributed by atoms with Crippen molar-refractivity contribution in [2.45, 2.75) is 51.4 Å². The van der Waals surface area contributed by atoms with E-state index in [0.717, 1.165) is 34.2 Å². The van der Waals surface area contributed by atoms with Crippen LogP contribution in [0.2, 0.25) is 0 Å². The number of hydrogen-bond acceptors (Lipinski definition) is 4. The number of allylic oxidation sites excluding steroid dienone is 1. The molecule has 4 heteroatoms. The number of hydrogen-bond donors (Lipinski definition) is 4. The molecule has 2 aromatic rings. The number of rotatable bonds is 3. The summed E-state index contributed by atoms with van der Waals surface area (Å²) >= 11 is 0. The van der Waals surface area contributed by atoms with Crippen LogP contribution in [0.1, 0.15) is 55.6 Å². The molecule has 4 nitrogen and oxygen atoms in total. The second-order valence-electron chi connectivity index (χ2n) is 8.90. The number of nitrogen functional groups attached to an aromatic ring is 4. The molecule has 0 aromatic heterocycles. The molecule has 0 aliphatic heterocycles. The van der Waals surface area contributed by atoms with Gasteiger partial charge < -0.3 is 22.9 Å². The zero-order chi connectivity index (χ0) is 20.0. The van der Waals surface area contributed by atoms with Gasteiger partial charge in [-0.1, -0.05) is 18.2 Å². The molecule has 2 aliphatic rings. The number of aryl methyl sites for hydroxylation is 1. The highest BCUT2D eigenvalue weighted by atomic mass is 14.7. The molecular formula is C24H32N4. The second kappa shape index (κ2) is 7.08. The Balaban J connectivity index is 1.54. The monoisotopic (exact) mass is 376 g/mol. The average molecular weight is 377 g/mol. The van der Waals surface area contributed by atoms with Gasteiger partial charge in [0.1, 0.15) is 0 Å². The maximum atomic E-state index is 6.50. The standard InChI is InChI=1S/C24H32N4/c1-13-7-17(8-13)15-3-5-16(6-4-15)18-9-14(2)23(20(25)10-18)19-11-21(26)24(28)22(27)12-19/h9-12,15-17H,1,3-8,25-28H2,2H3. The maximum absolute atomic E-state index is 6.50. The molecule has 0 amide bonds. The minimum absolute atomic E-state index is 0.434. The Morgan fingerprint density at radius 2 is 1.39 bits per heavy atom. The molecule has 0 saturated heterocycles. The lowest BCUT2D eigenvalue weighted by Crippen LogP contribution is -2.27. The van der Waals surface area contributed by atoms with E-state index in [-0.39, 0.29) is 0 Å². The molecule has 2 aliphatic carbocycles. The highest BCUT2D eigenvalue weighted by Gasteiger charge is 2.33. The van der Waals surface area contributed by atoms with Gasteiger partial charge in [-0.25, -0.2) is 0 Å². The molecule has 28 heavy (non-hydrogen) atoms. The van der Waals surface area contributed by atoms with Gasteiger partial charge >= 0.3 is 0 Å². The first kappa shape index (κ1) is 18.7. The summed E-state index contributed by atoms with van der Waals surface area (Å²) in [5.74, 6) is 2.39. The van der Waals surface area contributed by atoms with Gasteiger partial charge in [0.2, 0.25) is 0 Å². The number of benzene rings is 2. The minimum atomic E-state index is 0.434. The number of anilines is 4. The first-order valence-corrected chi connectivity index (χ1v) is 10.3. The molecule has 0 radical (unpaired) electrons. The first-order valence-electron chi connectivity index (χ1n) is 10.3. The Morgan fingerprint density at radius 1 is 0.786 bits per heavy atom. The van der Waals surface area contributed by atoms with E-state index in [0.29, 0.717) is 23.0 Å². The lowest BCUT2D eigenvalue weighted by molar-refractivity contribution is 0.195. The van der Waals surface area contributed by atoms with E-state index in [4.69, 9.17) is 22.9 Å².